The fraction of sp³-hybridized carbons (Fsp3) is 0.261. The number of ether oxygens (including phenoxy) is 2. The molecule has 1 aromatic heterocycles. The summed E-state index contributed by atoms with van der Waals surface area (Å²) in [7, 11) is 0. The molecule has 1 amide bonds. The van der Waals surface area contributed by atoms with Crippen LogP contribution in [0, 0.1) is 0 Å². The Morgan fingerprint density at radius 1 is 1.11 bits per heavy atom. The third kappa shape index (κ3) is 6.78. The number of hydrogen-bond donors (Lipinski definition) is 2. The molecule has 0 fully saturated rings. The molecule has 8 nitrogen and oxygen atoms in total. The van der Waals surface area contributed by atoms with E-state index >= 15 is 0 Å². The second kappa shape index (κ2) is 10.3. The predicted octanol–water partition coefficient (Wildman–Crippen LogP) is 4.25. The van der Waals surface area contributed by atoms with Crippen molar-refractivity contribution in [3.05, 3.63) is 76.2 Å². The number of carbonyl (C=O) groups excluding carboxylic acids is 1. The summed E-state index contributed by atoms with van der Waals surface area (Å²) in [6.45, 7) is -2.01. The number of amides is 1. The van der Waals surface area contributed by atoms with E-state index in [1.54, 1.807) is 0 Å². The van der Waals surface area contributed by atoms with Gasteiger partial charge in [-0.1, -0.05) is 12.1 Å². The molecule has 0 saturated heterocycles. The van der Waals surface area contributed by atoms with Crippen molar-refractivity contribution in [2.24, 2.45) is 0 Å². The van der Waals surface area contributed by atoms with Gasteiger partial charge in [0.05, 0.1) is 5.69 Å². The monoisotopic (exact) mass is 513 g/mol. The zero-order chi connectivity index (χ0) is 26.7. The van der Waals surface area contributed by atoms with Crippen LogP contribution in [0.15, 0.2) is 59.4 Å². The molecule has 3 aromatic rings. The Hall–Kier alpha value is -4.00. The summed E-state index contributed by atoms with van der Waals surface area (Å²) >= 11 is 0. The molecule has 0 spiro atoms. The highest BCUT2D eigenvalue weighted by Crippen LogP contribution is 2.26. The molecule has 13 heteroatoms. The fourth-order valence-corrected chi connectivity index (χ4v) is 2.95. The van der Waals surface area contributed by atoms with Gasteiger partial charge in [0, 0.05) is 5.69 Å². The molecular weight excluding hydrogens is 493 g/mol. The van der Waals surface area contributed by atoms with Gasteiger partial charge in [-0.2, -0.15) is 31.7 Å². The number of halogens is 5. The Morgan fingerprint density at radius 2 is 1.75 bits per heavy atom. The van der Waals surface area contributed by atoms with E-state index in [1.165, 1.54) is 62.4 Å². The highest BCUT2D eigenvalue weighted by molar-refractivity contribution is 6.04. The van der Waals surface area contributed by atoms with Crippen molar-refractivity contribution in [3.8, 4) is 17.2 Å². The Kier molecular flexibility index (Phi) is 7.62. The SMILES string of the molecule is CC(C)(O)c1cc(C(=O)Nc2ccc(OC(F)F)cc2)c(=O)n(-c2ccccc2OCC(F)(F)F)n1. The molecule has 0 aliphatic carbocycles. The molecule has 192 valence electrons. The van der Waals surface area contributed by atoms with Gasteiger partial charge >= 0.3 is 12.8 Å². The predicted molar refractivity (Wildman–Crippen MR) is 118 cm³/mol. The normalized spacial score (nSPS) is 11.9. The van der Waals surface area contributed by atoms with Gasteiger partial charge < -0.3 is 19.9 Å². The van der Waals surface area contributed by atoms with Crippen LogP contribution < -0.4 is 20.3 Å². The molecule has 36 heavy (non-hydrogen) atoms. The lowest BCUT2D eigenvalue weighted by Crippen LogP contribution is -2.34. The smallest absolute Gasteiger partial charge is 0.422 e. The van der Waals surface area contributed by atoms with Gasteiger partial charge in [0.2, 0.25) is 0 Å². The lowest BCUT2D eigenvalue weighted by Gasteiger charge is -2.20. The van der Waals surface area contributed by atoms with Crippen molar-refractivity contribution >= 4 is 11.6 Å². The van der Waals surface area contributed by atoms with Crippen molar-refractivity contribution in [3.63, 3.8) is 0 Å². The second-order valence-corrected chi connectivity index (χ2v) is 7.95. The topological polar surface area (TPSA) is 103 Å². The van der Waals surface area contributed by atoms with E-state index in [2.05, 4.69) is 15.2 Å². The number of nitrogens with one attached hydrogen (secondary N) is 1. The highest BCUT2D eigenvalue weighted by atomic mass is 19.4. The zero-order valence-electron chi connectivity index (χ0n) is 18.8. The largest absolute Gasteiger partial charge is 0.482 e. The van der Waals surface area contributed by atoms with Gasteiger partial charge in [0.1, 0.15) is 28.4 Å². The Labute approximate surface area is 200 Å². The molecule has 0 aliphatic rings. The van der Waals surface area contributed by atoms with E-state index in [9.17, 15) is 36.6 Å². The van der Waals surface area contributed by atoms with Gasteiger partial charge in [-0.25, -0.2) is 0 Å². The minimum absolute atomic E-state index is 0.128. The molecule has 0 atom stereocenters. The number of benzene rings is 2. The number of hydrogen-bond acceptors (Lipinski definition) is 6. The van der Waals surface area contributed by atoms with Gasteiger partial charge in [-0.05, 0) is 56.3 Å². The van der Waals surface area contributed by atoms with Crippen LogP contribution in [0.2, 0.25) is 0 Å². The van der Waals surface area contributed by atoms with Gasteiger partial charge in [0.25, 0.3) is 11.5 Å². The lowest BCUT2D eigenvalue weighted by atomic mass is 10.0. The number of aliphatic hydroxyl groups is 1. The summed E-state index contributed by atoms with van der Waals surface area (Å²) in [5, 5.41) is 16.9. The molecule has 0 saturated carbocycles. The molecular formula is C23H20F5N3O5. The average molecular weight is 513 g/mol. The maximum atomic E-state index is 13.2. The van der Waals surface area contributed by atoms with Crippen LogP contribution in [0.25, 0.3) is 5.69 Å². The summed E-state index contributed by atoms with van der Waals surface area (Å²) in [5.74, 6) is -1.44. The van der Waals surface area contributed by atoms with E-state index in [1.807, 2.05) is 0 Å². The standard InChI is InChI=1S/C23H20F5N3O5/c1-22(2,34)18-11-15(19(32)29-13-7-9-14(10-8-13)36-21(24)25)20(33)31(30-18)16-5-3-4-6-17(16)35-12-23(26,27)28/h3-11,21,34H,12H2,1-2H3,(H,29,32). The van der Waals surface area contributed by atoms with Crippen molar-refractivity contribution < 1.29 is 41.3 Å². The van der Waals surface area contributed by atoms with Crippen LogP contribution in [-0.2, 0) is 5.60 Å². The number of para-hydroxylation sites is 2. The van der Waals surface area contributed by atoms with Crippen LogP contribution >= 0.6 is 0 Å². The number of anilines is 1. The molecule has 0 unspecified atom stereocenters. The molecule has 2 aromatic carbocycles. The first-order valence-corrected chi connectivity index (χ1v) is 10.3. The minimum Gasteiger partial charge on any atom is -0.482 e. The Balaban J connectivity index is 2.03. The molecule has 1 heterocycles. The Morgan fingerprint density at radius 3 is 2.33 bits per heavy atom. The van der Waals surface area contributed by atoms with Crippen molar-refractivity contribution in [2.45, 2.75) is 32.2 Å². The first kappa shape index (κ1) is 26.6. The second-order valence-electron chi connectivity index (χ2n) is 7.95. The quantitative estimate of drug-likeness (QED) is 0.437. The van der Waals surface area contributed by atoms with Crippen LogP contribution in [0.3, 0.4) is 0 Å². The minimum atomic E-state index is -4.65. The number of aromatic nitrogens is 2. The lowest BCUT2D eigenvalue weighted by molar-refractivity contribution is -0.153. The van der Waals surface area contributed by atoms with Crippen molar-refractivity contribution in [1.82, 2.24) is 9.78 Å². The first-order valence-electron chi connectivity index (χ1n) is 10.3. The summed E-state index contributed by atoms with van der Waals surface area (Å²) in [6, 6.07) is 11.2. The Bertz CT molecular complexity index is 1290. The molecule has 0 bridgehead atoms. The molecule has 2 N–H and O–H groups in total. The third-order valence-corrected chi connectivity index (χ3v) is 4.61. The number of alkyl halides is 5. The van der Waals surface area contributed by atoms with E-state index in [-0.39, 0.29) is 28.6 Å². The number of nitrogens with zero attached hydrogens (tertiary/aromatic N) is 2. The summed E-state index contributed by atoms with van der Waals surface area (Å²) in [5.41, 5.74) is -3.37. The molecule has 0 aliphatic heterocycles. The average Bonchev–Trinajstić information content (AvgIpc) is 2.78. The van der Waals surface area contributed by atoms with E-state index in [0.29, 0.717) is 4.68 Å². The third-order valence-electron chi connectivity index (χ3n) is 4.61. The van der Waals surface area contributed by atoms with Crippen LogP contribution in [0.4, 0.5) is 27.6 Å². The zero-order valence-corrected chi connectivity index (χ0v) is 18.8. The number of carbonyl (C=O) groups is 1. The first-order chi connectivity index (χ1) is 16.7. The van der Waals surface area contributed by atoms with Crippen LogP contribution in [0.5, 0.6) is 11.5 Å². The van der Waals surface area contributed by atoms with E-state index in [0.717, 1.165) is 6.07 Å². The van der Waals surface area contributed by atoms with Crippen LogP contribution in [-0.4, -0.2) is 40.2 Å². The van der Waals surface area contributed by atoms with Crippen LogP contribution in [0.1, 0.15) is 29.9 Å². The van der Waals surface area contributed by atoms with Gasteiger partial charge in [-0.15, -0.1) is 0 Å². The summed E-state index contributed by atoms with van der Waals surface area (Å²) in [4.78, 5) is 26.1. The molecule has 3 rings (SSSR count). The molecule has 0 radical (unpaired) electrons. The van der Waals surface area contributed by atoms with E-state index < -0.39 is 42.0 Å². The maximum Gasteiger partial charge on any atom is 0.422 e. The summed E-state index contributed by atoms with van der Waals surface area (Å²) in [6.07, 6.45) is -4.65. The highest BCUT2D eigenvalue weighted by Gasteiger charge is 2.30. The fourth-order valence-electron chi connectivity index (χ4n) is 2.95. The van der Waals surface area contributed by atoms with Crippen molar-refractivity contribution in [2.75, 3.05) is 11.9 Å². The van der Waals surface area contributed by atoms with Gasteiger partial charge in [-0.3, -0.25) is 9.59 Å². The van der Waals surface area contributed by atoms with E-state index in [4.69, 9.17) is 4.74 Å². The van der Waals surface area contributed by atoms with Crippen molar-refractivity contribution in [1.29, 1.82) is 0 Å². The van der Waals surface area contributed by atoms with Gasteiger partial charge in [0.15, 0.2) is 6.61 Å². The summed E-state index contributed by atoms with van der Waals surface area (Å²) < 4.78 is 72.5. The maximum absolute atomic E-state index is 13.2. The number of rotatable bonds is 8.